The lowest BCUT2D eigenvalue weighted by Gasteiger charge is -2.30. The van der Waals surface area contributed by atoms with Crippen LogP contribution in [0.4, 0.5) is 0 Å². The Balaban J connectivity index is 2.58. The molecule has 2 fully saturated rings. The number of nitrogens with two attached hydrogens (primary N) is 1. The van der Waals surface area contributed by atoms with Crippen molar-refractivity contribution >= 4 is 41.4 Å². The molecule has 212 valence electrons. The second-order valence-corrected chi connectivity index (χ2v) is 10.2. The van der Waals surface area contributed by atoms with E-state index in [9.17, 15) is 38.7 Å². The summed E-state index contributed by atoms with van der Waals surface area (Å²) in [5.74, 6) is -6.94. The Bertz CT molecular complexity index is 970. The van der Waals surface area contributed by atoms with E-state index in [1.54, 1.807) is 27.7 Å². The number of nitrogens with zero attached hydrogens (tertiary/aromatic N) is 1. The number of primary amides is 1. The van der Waals surface area contributed by atoms with E-state index in [1.165, 1.54) is 4.90 Å². The van der Waals surface area contributed by atoms with Gasteiger partial charge in [0.25, 0.3) is 0 Å². The fourth-order valence-corrected chi connectivity index (χ4v) is 4.55. The molecule has 2 saturated heterocycles. The number of carboxylic acids is 1. The zero-order valence-electron chi connectivity index (χ0n) is 22.1. The first-order valence-electron chi connectivity index (χ1n) is 12.8. The van der Waals surface area contributed by atoms with Crippen LogP contribution in [-0.2, 0) is 33.6 Å². The smallest absolute Gasteiger partial charge is 0.305 e. The molecule has 6 amide bonds. The van der Waals surface area contributed by atoms with Gasteiger partial charge in [0, 0.05) is 6.54 Å². The Labute approximate surface area is 220 Å². The maximum atomic E-state index is 13.4. The van der Waals surface area contributed by atoms with Crippen LogP contribution < -0.4 is 27.0 Å². The molecule has 0 unspecified atom stereocenters. The Kier molecular flexibility index (Phi) is 10.6. The van der Waals surface area contributed by atoms with Crippen molar-refractivity contribution in [2.75, 3.05) is 6.54 Å². The highest BCUT2D eigenvalue weighted by atomic mass is 16.4. The molecule has 0 radical (unpaired) electrons. The summed E-state index contributed by atoms with van der Waals surface area (Å²) in [7, 11) is 0. The third-order valence-corrected chi connectivity index (χ3v) is 6.91. The van der Waals surface area contributed by atoms with Gasteiger partial charge in [-0.1, -0.05) is 34.1 Å². The number of carboxylic acid groups (broad SMARTS) is 1. The number of carbonyl (C=O) groups excluding carboxylic acids is 6. The lowest BCUT2D eigenvalue weighted by molar-refractivity contribution is -0.146. The summed E-state index contributed by atoms with van der Waals surface area (Å²) >= 11 is 0. The van der Waals surface area contributed by atoms with Crippen LogP contribution in [-0.4, -0.2) is 88.2 Å². The van der Waals surface area contributed by atoms with Gasteiger partial charge in [-0.05, 0) is 24.7 Å². The minimum atomic E-state index is -1.50. The van der Waals surface area contributed by atoms with E-state index in [-0.39, 0.29) is 13.0 Å². The summed E-state index contributed by atoms with van der Waals surface area (Å²) < 4.78 is 0. The molecule has 7 N–H and O–H groups in total. The van der Waals surface area contributed by atoms with E-state index >= 15 is 0 Å². The maximum absolute atomic E-state index is 13.4. The minimum absolute atomic E-state index is 0.160. The number of rotatable bonds is 7. The van der Waals surface area contributed by atoms with Crippen LogP contribution in [0.5, 0.6) is 0 Å². The Morgan fingerprint density at radius 3 is 2.03 bits per heavy atom. The lowest BCUT2D eigenvalue weighted by atomic mass is 9.96. The molecule has 0 aromatic rings. The van der Waals surface area contributed by atoms with Gasteiger partial charge in [-0.25, -0.2) is 0 Å². The fourth-order valence-electron chi connectivity index (χ4n) is 4.55. The largest absolute Gasteiger partial charge is 0.481 e. The molecule has 0 aliphatic carbocycles. The molecular weight excluding hydrogens is 500 g/mol. The van der Waals surface area contributed by atoms with Crippen LogP contribution in [0.25, 0.3) is 0 Å². The predicted octanol–water partition coefficient (Wildman–Crippen LogP) is -2.02. The van der Waals surface area contributed by atoms with Gasteiger partial charge in [0.2, 0.25) is 35.4 Å². The number of fused-ring (bicyclic) bond motifs is 1. The monoisotopic (exact) mass is 538 g/mol. The minimum Gasteiger partial charge on any atom is -0.481 e. The van der Waals surface area contributed by atoms with Crippen LogP contribution in [0.1, 0.15) is 59.8 Å². The van der Waals surface area contributed by atoms with Gasteiger partial charge in [-0.2, -0.15) is 0 Å². The molecule has 14 heteroatoms. The first-order chi connectivity index (χ1) is 17.8. The summed E-state index contributed by atoms with van der Waals surface area (Å²) in [4.78, 5) is 90.7. The number of hydrogen-bond donors (Lipinski definition) is 6. The van der Waals surface area contributed by atoms with Crippen molar-refractivity contribution in [3.63, 3.8) is 0 Å². The first kappa shape index (κ1) is 30.5. The number of aliphatic carboxylic acids is 1. The molecule has 2 rings (SSSR count). The summed E-state index contributed by atoms with van der Waals surface area (Å²) in [6, 6.07) is -6.26. The topological polar surface area (TPSA) is 217 Å². The van der Waals surface area contributed by atoms with E-state index in [0.29, 0.717) is 12.8 Å². The molecule has 0 aromatic carbocycles. The van der Waals surface area contributed by atoms with Gasteiger partial charge in [0.1, 0.15) is 30.2 Å². The standard InChI is InChI=1S/C24H38N6O8/c1-5-12(4)19-23(37)27-14(10-17(32)33)24(38)30-8-6-7-15(30)21(35)28-18(11(2)3)22(36)26-13(9-16(25)31)20(34)29-19/h11-15,18-19H,5-10H2,1-4H3,(H2,25,31)(H,26,36)(H,27,37)(H,28,35)(H,29,34)(H,32,33)/t12-,13-,14-,15-,18-,19-/m0/s1. The molecule has 0 saturated carbocycles. The Hall–Kier alpha value is -3.71. The number of carbonyl (C=O) groups is 7. The third-order valence-electron chi connectivity index (χ3n) is 6.91. The quantitative estimate of drug-likeness (QED) is 0.212. The zero-order chi connectivity index (χ0) is 28.7. The molecule has 2 aliphatic rings. The van der Waals surface area contributed by atoms with Gasteiger partial charge in [0.15, 0.2) is 0 Å². The van der Waals surface area contributed by atoms with Crippen LogP contribution in [0, 0.1) is 11.8 Å². The van der Waals surface area contributed by atoms with Crippen molar-refractivity contribution in [2.24, 2.45) is 17.6 Å². The van der Waals surface area contributed by atoms with Gasteiger partial charge in [-0.15, -0.1) is 0 Å². The van der Waals surface area contributed by atoms with Gasteiger partial charge >= 0.3 is 5.97 Å². The van der Waals surface area contributed by atoms with Crippen molar-refractivity contribution in [2.45, 2.75) is 90.0 Å². The molecule has 0 spiro atoms. The molecule has 0 aromatic heterocycles. The predicted molar refractivity (Wildman–Crippen MR) is 133 cm³/mol. The lowest BCUT2D eigenvalue weighted by Crippen LogP contribution is -2.60. The Morgan fingerprint density at radius 2 is 1.47 bits per heavy atom. The van der Waals surface area contributed by atoms with Gasteiger partial charge in [-0.3, -0.25) is 33.6 Å². The van der Waals surface area contributed by atoms with Crippen molar-refractivity contribution in [1.29, 1.82) is 0 Å². The van der Waals surface area contributed by atoms with Crippen LogP contribution >= 0.6 is 0 Å². The molecule has 0 bridgehead atoms. The summed E-state index contributed by atoms with van der Waals surface area (Å²) in [6.07, 6.45) is -0.151. The number of hydrogen-bond acceptors (Lipinski definition) is 7. The highest BCUT2D eigenvalue weighted by Crippen LogP contribution is 2.21. The van der Waals surface area contributed by atoms with Crippen LogP contribution in [0.15, 0.2) is 0 Å². The zero-order valence-corrected chi connectivity index (χ0v) is 22.1. The average Bonchev–Trinajstić information content (AvgIpc) is 3.32. The summed E-state index contributed by atoms with van der Waals surface area (Å²) in [5.41, 5.74) is 5.30. The molecule has 38 heavy (non-hydrogen) atoms. The van der Waals surface area contributed by atoms with Crippen molar-refractivity contribution < 1.29 is 38.7 Å². The van der Waals surface area contributed by atoms with Crippen molar-refractivity contribution in [3.8, 4) is 0 Å². The molecule has 2 aliphatic heterocycles. The third kappa shape index (κ3) is 7.65. The SMILES string of the molecule is CC[C@H](C)[C@@H]1NC(=O)[C@H](CC(N)=O)NC(=O)[C@H](C(C)C)NC(=O)[C@@H]2CCCN2C(=O)[C@H](CC(=O)O)NC1=O. The number of amides is 6. The van der Waals surface area contributed by atoms with E-state index in [2.05, 4.69) is 21.3 Å². The Morgan fingerprint density at radius 1 is 0.895 bits per heavy atom. The van der Waals surface area contributed by atoms with E-state index in [1.807, 2.05) is 0 Å². The second kappa shape index (κ2) is 13.2. The maximum Gasteiger partial charge on any atom is 0.305 e. The van der Waals surface area contributed by atoms with Gasteiger partial charge < -0.3 is 37.0 Å². The highest BCUT2D eigenvalue weighted by molar-refractivity contribution is 5.99. The molecule has 14 nitrogen and oxygen atoms in total. The summed E-state index contributed by atoms with van der Waals surface area (Å²) in [6.45, 7) is 6.94. The molecule has 2 heterocycles. The average molecular weight is 539 g/mol. The van der Waals surface area contributed by atoms with E-state index in [0.717, 1.165) is 0 Å². The normalized spacial score (nSPS) is 28.3. The van der Waals surface area contributed by atoms with Crippen molar-refractivity contribution in [1.82, 2.24) is 26.2 Å². The van der Waals surface area contributed by atoms with Crippen LogP contribution in [0.3, 0.4) is 0 Å². The first-order valence-corrected chi connectivity index (χ1v) is 12.8. The van der Waals surface area contributed by atoms with Gasteiger partial charge in [0.05, 0.1) is 12.8 Å². The van der Waals surface area contributed by atoms with Crippen molar-refractivity contribution in [3.05, 3.63) is 0 Å². The van der Waals surface area contributed by atoms with E-state index in [4.69, 9.17) is 5.73 Å². The summed E-state index contributed by atoms with van der Waals surface area (Å²) in [5, 5.41) is 19.4. The molecule has 6 atom stereocenters. The number of nitrogens with one attached hydrogen (secondary N) is 4. The second-order valence-electron chi connectivity index (χ2n) is 10.2. The molecular formula is C24H38N6O8. The fraction of sp³-hybridized carbons (Fsp3) is 0.708. The van der Waals surface area contributed by atoms with Crippen LogP contribution in [0.2, 0.25) is 0 Å². The van der Waals surface area contributed by atoms with E-state index < -0.39 is 96.3 Å². The highest BCUT2D eigenvalue weighted by Gasteiger charge is 2.42.